The van der Waals surface area contributed by atoms with Crippen molar-refractivity contribution in [1.29, 1.82) is 0 Å². The first-order chi connectivity index (χ1) is 8.54. The summed E-state index contributed by atoms with van der Waals surface area (Å²) >= 11 is 0. The first-order valence-electron chi connectivity index (χ1n) is 6.40. The first-order valence-corrected chi connectivity index (χ1v) is 8.01. The van der Waals surface area contributed by atoms with Crippen molar-refractivity contribution in [2.75, 3.05) is 32.0 Å². The van der Waals surface area contributed by atoms with Crippen LogP contribution in [0.15, 0.2) is 0 Å². The zero-order valence-corrected chi connectivity index (χ0v) is 11.4. The zero-order valence-electron chi connectivity index (χ0n) is 10.6. The van der Waals surface area contributed by atoms with Gasteiger partial charge in [0.15, 0.2) is 5.75 Å². The lowest BCUT2D eigenvalue weighted by molar-refractivity contribution is -0.140. The highest BCUT2D eigenvalue weighted by atomic mass is 32.2. The molecule has 0 bridgehead atoms. The Morgan fingerprint density at radius 1 is 1.44 bits per heavy atom. The van der Waals surface area contributed by atoms with E-state index < -0.39 is 21.7 Å². The lowest BCUT2D eigenvalue weighted by Crippen LogP contribution is -2.49. The lowest BCUT2D eigenvalue weighted by Gasteiger charge is -2.35. The number of nitrogens with one attached hydrogen (secondary N) is 1. The van der Waals surface area contributed by atoms with Crippen LogP contribution in [0.4, 0.5) is 0 Å². The minimum Gasteiger partial charge on any atom is -0.465 e. The maximum atomic E-state index is 12.2. The van der Waals surface area contributed by atoms with E-state index in [9.17, 15) is 13.2 Å². The molecule has 0 aliphatic carbocycles. The smallest absolute Gasteiger partial charge is 0.322 e. The molecule has 7 heteroatoms. The number of piperidine rings is 1. The topological polar surface area (TPSA) is 75.7 Å². The van der Waals surface area contributed by atoms with Crippen LogP contribution in [0, 0.1) is 5.92 Å². The number of ether oxygens (including phenoxy) is 1. The molecule has 18 heavy (non-hydrogen) atoms. The number of fused-ring (bicyclic) bond motifs is 1. The van der Waals surface area contributed by atoms with Gasteiger partial charge in [0.05, 0.1) is 6.61 Å². The molecule has 1 N–H and O–H groups in total. The van der Waals surface area contributed by atoms with Gasteiger partial charge in [-0.15, -0.1) is 0 Å². The SMILES string of the molecule is CCOC(=O)CS(=O)(=O)N1CCCC2CNCC21. The van der Waals surface area contributed by atoms with Gasteiger partial charge < -0.3 is 10.1 Å². The molecule has 0 aromatic heterocycles. The molecule has 0 radical (unpaired) electrons. The van der Waals surface area contributed by atoms with Crippen LogP contribution in [0.5, 0.6) is 0 Å². The standard InChI is InChI=1S/C11H20N2O4S/c1-2-17-11(14)8-18(15,16)13-5-3-4-9-6-12-7-10(9)13/h9-10,12H,2-8H2,1H3. The van der Waals surface area contributed by atoms with Gasteiger partial charge in [0, 0.05) is 19.1 Å². The lowest BCUT2D eigenvalue weighted by atomic mass is 9.94. The Bertz CT molecular complexity index is 409. The van der Waals surface area contributed by atoms with E-state index >= 15 is 0 Å². The Hall–Kier alpha value is -0.660. The number of rotatable bonds is 4. The summed E-state index contributed by atoms with van der Waals surface area (Å²) in [5, 5.41) is 3.22. The second-order valence-electron chi connectivity index (χ2n) is 4.80. The van der Waals surface area contributed by atoms with E-state index in [4.69, 9.17) is 4.74 Å². The summed E-state index contributed by atoms with van der Waals surface area (Å²) in [4.78, 5) is 11.3. The van der Waals surface area contributed by atoms with E-state index in [1.54, 1.807) is 6.92 Å². The highest BCUT2D eigenvalue weighted by molar-refractivity contribution is 7.89. The van der Waals surface area contributed by atoms with Gasteiger partial charge in [0.25, 0.3) is 0 Å². The summed E-state index contributed by atoms with van der Waals surface area (Å²) in [5.41, 5.74) is 0. The number of hydrogen-bond acceptors (Lipinski definition) is 5. The van der Waals surface area contributed by atoms with Crippen LogP contribution < -0.4 is 5.32 Å². The van der Waals surface area contributed by atoms with Gasteiger partial charge in [-0.05, 0) is 32.2 Å². The number of carbonyl (C=O) groups excluding carboxylic acids is 1. The number of sulfonamides is 1. The molecule has 0 saturated carbocycles. The third kappa shape index (κ3) is 2.84. The van der Waals surface area contributed by atoms with E-state index in [0.717, 1.165) is 19.4 Å². The van der Waals surface area contributed by atoms with Gasteiger partial charge in [-0.1, -0.05) is 0 Å². The predicted molar refractivity (Wildman–Crippen MR) is 66.5 cm³/mol. The maximum absolute atomic E-state index is 12.2. The van der Waals surface area contributed by atoms with Crippen LogP contribution >= 0.6 is 0 Å². The first kappa shape index (κ1) is 13.8. The van der Waals surface area contributed by atoms with Crippen molar-refractivity contribution in [2.24, 2.45) is 5.92 Å². The van der Waals surface area contributed by atoms with Gasteiger partial charge in [-0.3, -0.25) is 4.79 Å². The Balaban J connectivity index is 2.06. The fraction of sp³-hybridized carbons (Fsp3) is 0.909. The maximum Gasteiger partial charge on any atom is 0.322 e. The number of carbonyl (C=O) groups is 1. The fourth-order valence-electron chi connectivity index (χ4n) is 2.81. The third-order valence-corrected chi connectivity index (χ3v) is 5.36. The molecule has 2 aliphatic rings. The summed E-state index contributed by atoms with van der Waals surface area (Å²) in [6.07, 6.45) is 1.92. The number of esters is 1. The minimum absolute atomic E-state index is 0.0122. The largest absolute Gasteiger partial charge is 0.465 e. The summed E-state index contributed by atoms with van der Waals surface area (Å²) in [6.45, 7) is 3.96. The summed E-state index contributed by atoms with van der Waals surface area (Å²) < 4.78 is 30.6. The molecule has 2 rings (SSSR count). The molecule has 0 aromatic rings. The molecule has 0 spiro atoms. The Kier molecular flexibility index (Phi) is 4.24. The Morgan fingerprint density at radius 2 is 2.22 bits per heavy atom. The fourth-order valence-corrected chi connectivity index (χ4v) is 4.42. The van der Waals surface area contributed by atoms with E-state index in [1.165, 1.54) is 4.31 Å². The number of hydrogen-bond donors (Lipinski definition) is 1. The highest BCUT2D eigenvalue weighted by Crippen LogP contribution is 2.28. The molecular formula is C11H20N2O4S. The monoisotopic (exact) mass is 276 g/mol. The second-order valence-corrected chi connectivity index (χ2v) is 6.72. The zero-order chi connectivity index (χ0) is 13.2. The number of nitrogens with zero attached hydrogens (tertiary/aromatic N) is 1. The molecule has 2 atom stereocenters. The molecule has 2 fully saturated rings. The van der Waals surface area contributed by atoms with Gasteiger partial charge in [-0.2, -0.15) is 4.31 Å². The predicted octanol–water partition coefficient (Wildman–Crippen LogP) is -0.437. The Morgan fingerprint density at radius 3 is 2.94 bits per heavy atom. The molecule has 0 amide bonds. The van der Waals surface area contributed by atoms with E-state index in [2.05, 4.69) is 5.32 Å². The van der Waals surface area contributed by atoms with Gasteiger partial charge in [-0.25, -0.2) is 8.42 Å². The van der Waals surface area contributed by atoms with Crippen LogP contribution in [0.1, 0.15) is 19.8 Å². The van der Waals surface area contributed by atoms with E-state index in [-0.39, 0.29) is 12.6 Å². The second kappa shape index (κ2) is 5.54. The van der Waals surface area contributed by atoms with Gasteiger partial charge in [0.2, 0.25) is 10.0 Å². The molecule has 6 nitrogen and oxygen atoms in total. The molecule has 2 aliphatic heterocycles. The molecule has 2 heterocycles. The normalized spacial score (nSPS) is 28.9. The van der Waals surface area contributed by atoms with E-state index in [1.807, 2.05) is 0 Å². The van der Waals surface area contributed by atoms with Crippen LogP contribution in [-0.4, -0.2) is 56.7 Å². The molecule has 2 unspecified atom stereocenters. The van der Waals surface area contributed by atoms with Crippen molar-refractivity contribution < 1.29 is 17.9 Å². The van der Waals surface area contributed by atoms with Crippen LogP contribution in [0.2, 0.25) is 0 Å². The van der Waals surface area contributed by atoms with Crippen molar-refractivity contribution in [3.05, 3.63) is 0 Å². The van der Waals surface area contributed by atoms with Crippen LogP contribution in [-0.2, 0) is 19.6 Å². The molecule has 104 valence electrons. The molecule has 2 saturated heterocycles. The molecular weight excluding hydrogens is 256 g/mol. The highest BCUT2D eigenvalue weighted by Gasteiger charge is 2.41. The average molecular weight is 276 g/mol. The van der Waals surface area contributed by atoms with Crippen LogP contribution in [0.25, 0.3) is 0 Å². The average Bonchev–Trinajstić information content (AvgIpc) is 2.75. The molecule has 0 aromatic carbocycles. The summed E-state index contributed by atoms with van der Waals surface area (Å²) in [6, 6.07) is 0.0122. The summed E-state index contributed by atoms with van der Waals surface area (Å²) in [7, 11) is -3.54. The third-order valence-electron chi connectivity index (χ3n) is 3.59. The van der Waals surface area contributed by atoms with Crippen molar-refractivity contribution in [2.45, 2.75) is 25.8 Å². The van der Waals surface area contributed by atoms with Crippen molar-refractivity contribution in [3.63, 3.8) is 0 Å². The summed E-state index contributed by atoms with van der Waals surface area (Å²) in [5.74, 6) is -0.814. The van der Waals surface area contributed by atoms with Crippen LogP contribution in [0.3, 0.4) is 0 Å². The quantitative estimate of drug-likeness (QED) is 0.705. The van der Waals surface area contributed by atoms with Gasteiger partial charge in [0.1, 0.15) is 0 Å². The van der Waals surface area contributed by atoms with Crippen molar-refractivity contribution in [3.8, 4) is 0 Å². The van der Waals surface area contributed by atoms with Crippen molar-refractivity contribution in [1.82, 2.24) is 9.62 Å². The van der Waals surface area contributed by atoms with Gasteiger partial charge >= 0.3 is 5.97 Å². The minimum atomic E-state index is -3.54. The van der Waals surface area contributed by atoms with E-state index in [0.29, 0.717) is 19.0 Å². The Labute approximate surface area is 108 Å². The van der Waals surface area contributed by atoms with Crippen molar-refractivity contribution >= 4 is 16.0 Å².